The van der Waals surface area contributed by atoms with Gasteiger partial charge in [0.15, 0.2) is 0 Å². The Balaban J connectivity index is 1.91. The largest absolute Gasteiger partial charge is 0.353 e. The first kappa shape index (κ1) is 18.3. The second-order valence-corrected chi connectivity index (χ2v) is 6.60. The van der Waals surface area contributed by atoms with Crippen LogP contribution in [0, 0.1) is 5.82 Å². The van der Waals surface area contributed by atoms with Crippen LogP contribution in [-0.2, 0) is 4.79 Å². The van der Waals surface area contributed by atoms with Crippen LogP contribution in [0.1, 0.15) is 0 Å². The Morgan fingerprint density at radius 3 is 2.75 bits per heavy atom. The molecule has 0 fully saturated rings. The zero-order valence-corrected chi connectivity index (χ0v) is 15.7. The molecule has 4 aromatic rings. The summed E-state index contributed by atoms with van der Waals surface area (Å²) >= 11 is 11.6. The molecule has 0 saturated carbocycles. The maximum absolute atomic E-state index is 13.4. The number of halogens is 3. The van der Waals surface area contributed by atoms with Crippen LogP contribution in [0.3, 0.4) is 0 Å². The van der Waals surface area contributed by atoms with E-state index in [2.05, 4.69) is 25.3 Å². The number of nitrogens with one attached hydrogen (secondary N) is 2. The predicted molar refractivity (Wildman–Crippen MR) is 107 cm³/mol. The molecule has 0 atom stereocenters. The number of alkyl halides is 1. The second-order valence-electron chi connectivity index (χ2n) is 5.90. The molecule has 2 N–H and O–H groups in total. The molecule has 9 heteroatoms. The van der Waals surface area contributed by atoms with E-state index in [1.54, 1.807) is 30.5 Å². The molecule has 0 radical (unpaired) electrons. The van der Waals surface area contributed by atoms with Crippen LogP contribution in [0.5, 0.6) is 0 Å². The van der Waals surface area contributed by atoms with Crippen LogP contribution in [0.2, 0.25) is 5.02 Å². The number of H-pyrrole nitrogens is 1. The first-order valence-corrected chi connectivity index (χ1v) is 9.08. The smallest absolute Gasteiger partial charge is 0.240 e. The maximum atomic E-state index is 13.4. The molecule has 4 rings (SSSR count). The summed E-state index contributed by atoms with van der Waals surface area (Å²) in [4.78, 5) is 27.6. The van der Waals surface area contributed by atoms with E-state index in [1.807, 2.05) is 0 Å². The van der Waals surface area contributed by atoms with Gasteiger partial charge in [0.25, 0.3) is 0 Å². The van der Waals surface area contributed by atoms with Crippen molar-refractivity contribution >= 4 is 46.0 Å². The molecule has 0 saturated heterocycles. The molecule has 0 aliphatic rings. The van der Waals surface area contributed by atoms with Crippen LogP contribution in [0.15, 0.2) is 48.9 Å². The van der Waals surface area contributed by atoms with Gasteiger partial charge in [-0.3, -0.25) is 14.8 Å². The van der Waals surface area contributed by atoms with Crippen LogP contribution >= 0.6 is 23.2 Å². The number of nitrogens with zero attached hydrogens (tertiary/aromatic N) is 3. The van der Waals surface area contributed by atoms with Crippen molar-refractivity contribution in [3.05, 3.63) is 59.8 Å². The van der Waals surface area contributed by atoms with E-state index in [0.717, 1.165) is 11.8 Å². The van der Waals surface area contributed by atoms with E-state index in [4.69, 9.17) is 23.2 Å². The lowest BCUT2D eigenvalue weighted by molar-refractivity contribution is -0.113. The summed E-state index contributed by atoms with van der Waals surface area (Å²) in [6.07, 6.45) is 4.24. The molecule has 0 unspecified atom stereocenters. The van der Waals surface area contributed by atoms with E-state index < -0.39 is 5.82 Å². The van der Waals surface area contributed by atoms with Gasteiger partial charge in [0.05, 0.1) is 39.2 Å². The molecule has 0 aliphatic carbocycles. The number of fused-ring (bicyclic) bond motifs is 1. The molecule has 0 aromatic carbocycles. The predicted octanol–water partition coefficient (Wildman–Crippen LogP) is 4.66. The quantitative estimate of drug-likeness (QED) is 0.474. The highest BCUT2D eigenvalue weighted by molar-refractivity contribution is 6.31. The van der Waals surface area contributed by atoms with Crippen LogP contribution in [-0.4, -0.2) is 31.7 Å². The summed E-state index contributed by atoms with van der Waals surface area (Å²) in [5, 5.41) is 3.09. The zero-order chi connectivity index (χ0) is 19.7. The van der Waals surface area contributed by atoms with Gasteiger partial charge in [-0.05, 0) is 30.3 Å². The fourth-order valence-electron chi connectivity index (χ4n) is 2.87. The average Bonchev–Trinajstić information content (AvgIpc) is 3.07. The molecular weight excluding hydrogens is 404 g/mol. The van der Waals surface area contributed by atoms with Gasteiger partial charge in [-0.25, -0.2) is 9.37 Å². The number of amides is 1. The summed E-state index contributed by atoms with van der Waals surface area (Å²) in [5.74, 6) is -0.621. The van der Waals surface area contributed by atoms with Gasteiger partial charge in [-0.15, -0.1) is 11.6 Å². The molecule has 4 aromatic heterocycles. The van der Waals surface area contributed by atoms with E-state index in [-0.39, 0.29) is 11.8 Å². The Hall–Kier alpha value is -3.03. The molecular formula is C19H12Cl2FN5O. The Morgan fingerprint density at radius 1 is 1.14 bits per heavy atom. The number of carbonyl (C=O) groups excluding carboxylic acids is 1. The molecule has 0 aliphatic heterocycles. The SMILES string of the molecule is O=C(CCl)Nc1cc(-c2[nH]c3cc(Cl)cnc3c2-c2ccc(F)cn2)ccn1. The van der Waals surface area contributed by atoms with Gasteiger partial charge in [-0.2, -0.15) is 0 Å². The van der Waals surface area contributed by atoms with Crippen molar-refractivity contribution in [2.24, 2.45) is 0 Å². The first-order chi connectivity index (χ1) is 13.5. The zero-order valence-electron chi connectivity index (χ0n) is 14.2. The van der Waals surface area contributed by atoms with Crippen molar-refractivity contribution < 1.29 is 9.18 Å². The van der Waals surface area contributed by atoms with Gasteiger partial charge >= 0.3 is 0 Å². The third kappa shape index (κ3) is 3.54. The maximum Gasteiger partial charge on any atom is 0.240 e. The number of aromatic nitrogens is 4. The highest BCUT2D eigenvalue weighted by Gasteiger charge is 2.18. The standard InChI is InChI=1S/C19H12Cl2FN5O/c20-7-16(28)27-15-5-10(3-4-23-15)18-17(13-2-1-12(22)9-24-13)19-14(26-18)6-11(21)8-25-19/h1-6,8-9,26H,7H2,(H,23,27,28). The Bertz CT molecular complexity index is 1180. The molecule has 0 spiro atoms. The van der Waals surface area contributed by atoms with E-state index in [1.165, 1.54) is 12.3 Å². The van der Waals surface area contributed by atoms with Gasteiger partial charge in [0, 0.05) is 18.0 Å². The van der Waals surface area contributed by atoms with Crippen LogP contribution in [0.25, 0.3) is 33.5 Å². The normalized spacial score (nSPS) is 11.0. The van der Waals surface area contributed by atoms with Crippen molar-refractivity contribution in [2.75, 3.05) is 11.2 Å². The monoisotopic (exact) mass is 415 g/mol. The third-order valence-corrected chi connectivity index (χ3v) is 4.47. The fraction of sp³-hybridized carbons (Fsp3) is 0.0526. The molecule has 4 heterocycles. The molecule has 0 bridgehead atoms. The van der Waals surface area contributed by atoms with Crippen LogP contribution in [0.4, 0.5) is 10.2 Å². The molecule has 1 amide bonds. The van der Waals surface area contributed by atoms with Crippen molar-refractivity contribution in [2.45, 2.75) is 0 Å². The first-order valence-electron chi connectivity index (χ1n) is 8.16. The number of rotatable bonds is 4. The van der Waals surface area contributed by atoms with Gasteiger partial charge in [0.2, 0.25) is 5.91 Å². The van der Waals surface area contributed by atoms with Crippen LogP contribution < -0.4 is 5.32 Å². The Kier molecular flexibility index (Phi) is 4.93. The summed E-state index contributed by atoms with van der Waals surface area (Å²) in [6.45, 7) is 0. The van der Waals surface area contributed by atoms with Gasteiger partial charge < -0.3 is 10.3 Å². The summed E-state index contributed by atoms with van der Waals surface area (Å²) in [7, 11) is 0. The molecule has 140 valence electrons. The molecule has 28 heavy (non-hydrogen) atoms. The number of pyridine rings is 3. The number of hydrogen-bond acceptors (Lipinski definition) is 4. The number of carbonyl (C=O) groups is 1. The number of anilines is 1. The summed E-state index contributed by atoms with van der Waals surface area (Å²) in [5.41, 5.74) is 3.99. The number of hydrogen-bond donors (Lipinski definition) is 2. The summed E-state index contributed by atoms with van der Waals surface area (Å²) in [6, 6.07) is 8.13. The number of aromatic amines is 1. The lowest BCUT2D eigenvalue weighted by Gasteiger charge is -2.07. The van der Waals surface area contributed by atoms with Gasteiger partial charge in [-0.1, -0.05) is 11.6 Å². The topological polar surface area (TPSA) is 83.6 Å². The highest BCUT2D eigenvalue weighted by Crippen LogP contribution is 2.37. The summed E-state index contributed by atoms with van der Waals surface area (Å²) < 4.78 is 13.4. The molecule has 6 nitrogen and oxygen atoms in total. The van der Waals surface area contributed by atoms with E-state index in [0.29, 0.717) is 38.8 Å². The lowest BCUT2D eigenvalue weighted by atomic mass is 10.0. The van der Waals surface area contributed by atoms with Crippen molar-refractivity contribution in [3.8, 4) is 22.5 Å². The lowest BCUT2D eigenvalue weighted by Crippen LogP contribution is -2.13. The minimum absolute atomic E-state index is 0.175. The Morgan fingerprint density at radius 2 is 2.00 bits per heavy atom. The minimum Gasteiger partial charge on any atom is -0.353 e. The van der Waals surface area contributed by atoms with E-state index >= 15 is 0 Å². The fourth-order valence-corrected chi connectivity index (χ4v) is 3.09. The second kappa shape index (κ2) is 7.53. The van der Waals surface area contributed by atoms with Gasteiger partial charge in [0.1, 0.15) is 17.5 Å². The van der Waals surface area contributed by atoms with E-state index in [9.17, 15) is 9.18 Å². The third-order valence-electron chi connectivity index (χ3n) is 4.02. The van der Waals surface area contributed by atoms with Crippen molar-refractivity contribution in [1.82, 2.24) is 19.9 Å². The van der Waals surface area contributed by atoms with Crippen molar-refractivity contribution in [1.29, 1.82) is 0 Å². The Labute approximate surface area is 168 Å². The minimum atomic E-state index is -0.434. The van der Waals surface area contributed by atoms with Crippen molar-refractivity contribution in [3.63, 3.8) is 0 Å². The highest BCUT2D eigenvalue weighted by atomic mass is 35.5. The average molecular weight is 416 g/mol.